The molecule has 0 amide bonds. The van der Waals surface area contributed by atoms with E-state index in [1.165, 1.54) is 96.4 Å². The van der Waals surface area contributed by atoms with E-state index in [1.807, 2.05) is 0 Å². The fourth-order valence-electron chi connectivity index (χ4n) is 4.88. The van der Waals surface area contributed by atoms with Gasteiger partial charge in [0.25, 0.3) is 0 Å². The monoisotopic (exact) mass is 598 g/mol. The van der Waals surface area contributed by atoms with Crippen LogP contribution in [0, 0.1) is 49.5 Å². The summed E-state index contributed by atoms with van der Waals surface area (Å²) in [6, 6.07) is 9.62. The zero-order valence-electron chi connectivity index (χ0n) is 22.2. The van der Waals surface area contributed by atoms with Crippen molar-refractivity contribution in [3.05, 3.63) is 83.6 Å². The minimum Gasteiger partial charge on any atom is -0.358 e. The van der Waals surface area contributed by atoms with Crippen LogP contribution in [0.2, 0.25) is 0 Å². The molecule has 1 heteroatoms. The second-order valence-corrected chi connectivity index (χ2v) is 9.21. The van der Waals surface area contributed by atoms with E-state index >= 15 is 0 Å². The zero-order chi connectivity index (χ0) is 21.0. The first-order valence-electron chi connectivity index (χ1n) is 11.8. The molecule has 32 heavy (non-hydrogen) atoms. The van der Waals surface area contributed by atoms with Crippen LogP contribution in [0.3, 0.4) is 0 Å². The molecule has 0 bridgehead atoms. The first kappa shape index (κ1) is 31.1. The van der Waals surface area contributed by atoms with E-state index in [9.17, 15) is 0 Å². The third-order valence-electron chi connectivity index (χ3n) is 7.44. The number of rotatable bonds is 6. The Labute approximate surface area is 218 Å². The Morgan fingerprint density at radius 1 is 0.812 bits per heavy atom. The Balaban J connectivity index is 0.000000642. The predicted molar refractivity (Wildman–Crippen MR) is 143 cm³/mol. The van der Waals surface area contributed by atoms with Crippen molar-refractivity contribution in [2.45, 2.75) is 99.3 Å². The molecule has 0 saturated heterocycles. The smallest absolute Gasteiger partial charge is 0.358 e. The first-order chi connectivity index (χ1) is 13.9. The molecule has 0 radical (unpaired) electrons. The minimum absolute atomic E-state index is 0. The van der Waals surface area contributed by atoms with Gasteiger partial charge in [0.15, 0.2) is 0 Å². The summed E-state index contributed by atoms with van der Waals surface area (Å²) in [5.74, 6) is 0. The summed E-state index contributed by atoms with van der Waals surface area (Å²) in [6.07, 6.45) is 12.1. The van der Waals surface area contributed by atoms with Crippen molar-refractivity contribution in [2.24, 2.45) is 0 Å². The maximum atomic E-state index is 2.49. The third kappa shape index (κ3) is 7.02. The van der Waals surface area contributed by atoms with Gasteiger partial charge in [-0.2, -0.15) is 33.9 Å². The van der Waals surface area contributed by atoms with Gasteiger partial charge in [0, 0.05) is 0 Å². The standard InChI is InChI=1S/C19H25.C10H15.2CH3.Hf/c1-2-3-4-5-6-8-15-11-12-18-13-16-9-7-10-17(16)14-19(15)18;1-6-7(2)9(4)10(5)8(6)3;;;/h11-14H,2-10H2,1H3;1-5H3;2*1H3;/q4*-1;+4. The number of unbranched alkanes of at least 4 members (excludes halogenated alkanes) is 4. The molecule has 3 aromatic rings. The van der Waals surface area contributed by atoms with E-state index in [2.05, 4.69) is 65.8 Å². The van der Waals surface area contributed by atoms with Gasteiger partial charge in [0.05, 0.1) is 0 Å². The molecule has 1 aliphatic rings. The fourth-order valence-corrected chi connectivity index (χ4v) is 4.88. The first-order valence-corrected chi connectivity index (χ1v) is 11.8. The van der Waals surface area contributed by atoms with Gasteiger partial charge in [0.1, 0.15) is 0 Å². The molecule has 0 nitrogen and oxygen atoms in total. The van der Waals surface area contributed by atoms with Crippen molar-refractivity contribution < 1.29 is 25.8 Å². The van der Waals surface area contributed by atoms with Crippen LogP contribution in [-0.2, 0) is 45.1 Å². The van der Waals surface area contributed by atoms with E-state index in [0.717, 1.165) is 0 Å². The quantitative estimate of drug-likeness (QED) is 0.151. The average Bonchev–Trinajstić information content (AvgIpc) is 3.39. The van der Waals surface area contributed by atoms with Gasteiger partial charge in [-0.1, -0.05) is 91.2 Å². The van der Waals surface area contributed by atoms with Gasteiger partial charge < -0.3 is 14.9 Å². The van der Waals surface area contributed by atoms with Crippen molar-refractivity contribution >= 4 is 10.8 Å². The normalized spacial score (nSPS) is 11.7. The maximum Gasteiger partial charge on any atom is 4.00 e. The van der Waals surface area contributed by atoms with Crippen molar-refractivity contribution in [2.75, 3.05) is 0 Å². The van der Waals surface area contributed by atoms with Crippen LogP contribution < -0.4 is 0 Å². The molecule has 0 unspecified atom stereocenters. The summed E-state index contributed by atoms with van der Waals surface area (Å²) < 4.78 is 0. The Hall–Kier alpha value is -0.950. The Bertz CT molecular complexity index is 871. The molecule has 0 N–H and O–H groups in total. The maximum absolute atomic E-state index is 2.49. The second-order valence-electron chi connectivity index (χ2n) is 9.21. The molecule has 174 valence electrons. The van der Waals surface area contributed by atoms with E-state index in [0.29, 0.717) is 0 Å². The summed E-state index contributed by atoms with van der Waals surface area (Å²) in [7, 11) is 0. The predicted octanol–water partition coefficient (Wildman–Crippen LogP) is 9.41. The van der Waals surface area contributed by atoms with Crippen LogP contribution >= 0.6 is 0 Å². The van der Waals surface area contributed by atoms with Crippen LogP contribution in [0.5, 0.6) is 0 Å². The fraction of sp³-hybridized carbons (Fsp3) is 0.484. The Morgan fingerprint density at radius 3 is 1.91 bits per heavy atom. The van der Waals surface area contributed by atoms with Crippen molar-refractivity contribution in [3.8, 4) is 0 Å². The van der Waals surface area contributed by atoms with Gasteiger partial charge in [-0.25, -0.2) is 0 Å². The van der Waals surface area contributed by atoms with Gasteiger partial charge >= 0.3 is 25.8 Å². The third-order valence-corrected chi connectivity index (χ3v) is 7.44. The van der Waals surface area contributed by atoms with E-state index in [-0.39, 0.29) is 40.7 Å². The van der Waals surface area contributed by atoms with Gasteiger partial charge in [0.2, 0.25) is 0 Å². The second kappa shape index (κ2) is 14.3. The molecule has 0 fully saturated rings. The number of fused-ring (bicyclic) bond motifs is 2. The van der Waals surface area contributed by atoms with E-state index < -0.39 is 0 Å². The van der Waals surface area contributed by atoms with Crippen molar-refractivity contribution in [3.63, 3.8) is 0 Å². The molecule has 0 saturated carbocycles. The average molecular weight is 597 g/mol. The van der Waals surface area contributed by atoms with Gasteiger partial charge in [-0.05, 0) is 19.3 Å². The van der Waals surface area contributed by atoms with E-state index in [1.54, 1.807) is 16.7 Å². The Kier molecular flexibility index (Phi) is 13.9. The number of hydrogen-bond acceptors (Lipinski definition) is 0. The molecule has 0 spiro atoms. The molecule has 0 heterocycles. The molecule has 4 rings (SSSR count). The summed E-state index contributed by atoms with van der Waals surface area (Å²) in [5.41, 5.74) is 12.1. The van der Waals surface area contributed by atoms with Crippen LogP contribution in [0.4, 0.5) is 0 Å². The Morgan fingerprint density at radius 2 is 1.38 bits per heavy atom. The summed E-state index contributed by atoms with van der Waals surface area (Å²) in [5, 5.41) is 3.01. The van der Waals surface area contributed by atoms with Crippen LogP contribution in [-0.4, -0.2) is 0 Å². The SMILES string of the molecule is CCCCCCC[c-]1ccc2cc3c(cc21)CCC3.Cc1c(C)c(C)[c-](C)c1C.[CH3-].[CH3-].[Hf+4]. The molecule has 0 atom stereocenters. The van der Waals surface area contributed by atoms with Crippen molar-refractivity contribution in [1.82, 2.24) is 0 Å². The molecular weight excluding hydrogens is 551 g/mol. The number of hydrogen-bond donors (Lipinski definition) is 0. The van der Waals surface area contributed by atoms with Crippen LogP contribution in [0.15, 0.2) is 24.3 Å². The molecule has 0 aromatic heterocycles. The summed E-state index contributed by atoms with van der Waals surface area (Å²) in [4.78, 5) is 0. The van der Waals surface area contributed by atoms with Crippen molar-refractivity contribution in [1.29, 1.82) is 0 Å². The topological polar surface area (TPSA) is 0 Å². The molecule has 0 aliphatic heterocycles. The van der Waals surface area contributed by atoms with E-state index in [4.69, 9.17) is 0 Å². The molecular formula is C31H46Hf. The van der Waals surface area contributed by atoms with Gasteiger partial charge in [-0.3, -0.25) is 0 Å². The number of benzene rings is 1. The number of aryl methyl sites for hydroxylation is 3. The molecule has 1 aliphatic carbocycles. The largest absolute Gasteiger partial charge is 4.00 e. The van der Waals surface area contributed by atoms with Crippen LogP contribution in [0.25, 0.3) is 10.8 Å². The molecule has 3 aromatic carbocycles. The minimum atomic E-state index is 0. The summed E-state index contributed by atoms with van der Waals surface area (Å²) >= 11 is 0. The van der Waals surface area contributed by atoms with Gasteiger partial charge in [-0.15, -0.1) is 34.5 Å². The van der Waals surface area contributed by atoms with Crippen LogP contribution in [0.1, 0.15) is 90.0 Å². The zero-order valence-corrected chi connectivity index (χ0v) is 25.8. The summed E-state index contributed by atoms with van der Waals surface area (Å²) in [6.45, 7) is 13.3.